The Hall–Kier alpha value is -2.15. The van der Waals surface area contributed by atoms with Gasteiger partial charge in [0.05, 0.1) is 0 Å². The summed E-state index contributed by atoms with van der Waals surface area (Å²) in [4.78, 5) is 3.73. The minimum atomic E-state index is -3.52. The molecule has 0 radical (unpaired) electrons. The fourth-order valence-corrected chi connectivity index (χ4v) is 2.33. The first kappa shape index (κ1) is 14.3. The molecule has 0 saturated heterocycles. The van der Waals surface area contributed by atoms with Gasteiger partial charge >= 0.3 is 0 Å². The summed E-state index contributed by atoms with van der Waals surface area (Å²) < 4.78 is 42.3. The molecule has 0 atom stereocenters. The van der Waals surface area contributed by atoms with Gasteiger partial charge in [-0.25, -0.2) is 17.8 Å². The standard InChI is InChI=1S/C13H13FN2O3S/c1-8-6-11(9(14)7-10(8)15)19-13-12(20(2,17)18)4-3-5-16-13/h3-7H,15H2,1-2H3. The summed E-state index contributed by atoms with van der Waals surface area (Å²) in [6.07, 6.45) is 2.40. The van der Waals surface area contributed by atoms with Gasteiger partial charge in [-0.15, -0.1) is 0 Å². The summed E-state index contributed by atoms with van der Waals surface area (Å²) in [6.45, 7) is 1.69. The van der Waals surface area contributed by atoms with Crippen molar-refractivity contribution in [2.45, 2.75) is 11.8 Å². The Balaban J connectivity index is 2.49. The van der Waals surface area contributed by atoms with E-state index in [2.05, 4.69) is 4.98 Å². The van der Waals surface area contributed by atoms with Crippen molar-refractivity contribution in [3.8, 4) is 11.6 Å². The monoisotopic (exact) mass is 296 g/mol. The molecule has 0 amide bonds. The molecule has 2 rings (SSSR count). The maximum Gasteiger partial charge on any atom is 0.238 e. The normalized spacial score (nSPS) is 11.3. The summed E-state index contributed by atoms with van der Waals surface area (Å²) in [5.74, 6) is -0.975. The maximum atomic E-state index is 13.8. The predicted molar refractivity (Wildman–Crippen MR) is 73.0 cm³/mol. The number of pyridine rings is 1. The third-order valence-electron chi connectivity index (χ3n) is 2.66. The van der Waals surface area contributed by atoms with E-state index >= 15 is 0 Å². The van der Waals surface area contributed by atoms with E-state index in [0.717, 1.165) is 12.3 Å². The van der Waals surface area contributed by atoms with E-state index in [1.54, 1.807) is 6.92 Å². The maximum absolute atomic E-state index is 13.8. The van der Waals surface area contributed by atoms with Crippen LogP contribution in [0.4, 0.5) is 10.1 Å². The quantitative estimate of drug-likeness (QED) is 0.879. The van der Waals surface area contributed by atoms with Crippen LogP contribution in [0.25, 0.3) is 0 Å². The van der Waals surface area contributed by atoms with E-state index in [1.165, 1.54) is 24.4 Å². The number of hydrogen-bond donors (Lipinski definition) is 1. The number of ether oxygens (including phenoxy) is 1. The van der Waals surface area contributed by atoms with Crippen molar-refractivity contribution >= 4 is 15.5 Å². The van der Waals surface area contributed by atoms with Crippen LogP contribution in [0.1, 0.15) is 5.56 Å². The van der Waals surface area contributed by atoms with E-state index in [-0.39, 0.29) is 16.5 Å². The van der Waals surface area contributed by atoms with Crippen LogP contribution in [-0.4, -0.2) is 19.7 Å². The number of anilines is 1. The lowest BCUT2D eigenvalue weighted by atomic mass is 10.2. The smallest absolute Gasteiger partial charge is 0.238 e. The minimum absolute atomic E-state index is 0.103. The third kappa shape index (κ3) is 2.88. The zero-order valence-electron chi connectivity index (χ0n) is 10.9. The highest BCUT2D eigenvalue weighted by atomic mass is 32.2. The number of aromatic nitrogens is 1. The Morgan fingerprint density at radius 3 is 2.70 bits per heavy atom. The summed E-state index contributed by atoms with van der Waals surface area (Å²) in [5.41, 5.74) is 6.49. The number of nitrogens with two attached hydrogens (primary N) is 1. The molecule has 1 heterocycles. The van der Waals surface area contributed by atoms with Gasteiger partial charge < -0.3 is 10.5 Å². The number of nitrogen functional groups attached to an aromatic ring is 1. The van der Waals surface area contributed by atoms with Crippen molar-refractivity contribution in [2.75, 3.05) is 12.0 Å². The van der Waals surface area contributed by atoms with Crippen LogP contribution in [0.5, 0.6) is 11.6 Å². The Morgan fingerprint density at radius 1 is 1.35 bits per heavy atom. The van der Waals surface area contributed by atoms with Crippen molar-refractivity contribution in [3.63, 3.8) is 0 Å². The van der Waals surface area contributed by atoms with Gasteiger partial charge in [0.15, 0.2) is 21.4 Å². The molecule has 2 N–H and O–H groups in total. The van der Waals surface area contributed by atoms with Gasteiger partial charge in [-0.1, -0.05) is 0 Å². The van der Waals surface area contributed by atoms with Gasteiger partial charge in [0.1, 0.15) is 4.90 Å². The molecule has 20 heavy (non-hydrogen) atoms. The summed E-state index contributed by atoms with van der Waals surface area (Å²) >= 11 is 0. The summed E-state index contributed by atoms with van der Waals surface area (Å²) in [7, 11) is -3.52. The molecule has 0 spiro atoms. The molecule has 7 heteroatoms. The van der Waals surface area contributed by atoms with Gasteiger partial charge in [-0.3, -0.25) is 0 Å². The van der Waals surface area contributed by atoms with Crippen LogP contribution < -0.4 is 10.5 Å². The van der Waals surface area contributed by atoms with Crippen LogP contribution in [0, 0.1) is 12.7 Å². The number of sulfone groups is 1. The largest absolute Gasteiger partial charge is 0.435 e. The van der Waals surface area contributed by atoms with Crippen molar-refractivity contribution < 1.29 is 17.5 Å². The average Bonchev–Trinajstić information content (AvgIpc) is 2.35. The molecule has 0 aliphatic carbocycles. The minimum Gasteiger partial charge on any atom is -0.435 e. The molecule has 1 aromatic carbocycles. The Morgan fingerprint density at radius 2 is 2.05 bits per heavy atom. The molecule has 0 unspecified atom stereocenters. The van der Waals surface area contributed by atoms with Gasteiger partial charge in [-0.2, -0.15) is 0 Å². The lowest BCUT2D eigenvalue weighted by Gasteiger charge is -2.10. The molecule has 5 nitrogen and oxygen atoms in total. The van der Waals surface area contributed by atoms with E-state index in [4.69, 9.17) is 10.5 Å². The molecular formula is C13H13FN2O3S. The van der Waals surface area contributed by atoms with Gasteiger partial charge in [-0.05, 0) is 30.7 Å². The summed E-state index contributed by atoms with van der Waals surface area (Å²) in [6, 6.07) is 5.33. The first-order chi connectivity index (χ1) is 9.29. The second-order valence-corrected chi connectivity index (χ2v) is 6.30. The van der Waals surface area contributed by atoms with Gasteiger partial charge in [0.2, 0.25) is 5.88 Å². The molecule has 106 valence electrons. The van der Waals surface area contributed by atoms with Crippen LogP contribution >= 0.6 is 0 Å². The Kier molecular flexibility index (Phi) is 3.63. The second-order valence-electron chi connectivity index (χ2n) is 4.32. The fourth-order valence-electron chi connectivity index (χ4n) is 1.59. The van der Waals surface area contributed by atoms with Crippen LogP contribution in [0.2, 0.25) is 0 Å². The third-order valence-corrected chi connectivity index (χ3v) is 3.77. The number of aryl methyl sites for hydroxylation is 1. The van der Waals surface area contributed by atoms with E-state index in [0.29, 0.717) is 11.3 Å². The number of nitrogens with zero attached hydrogens (tertiary/aromatic N) is 1. The molecule has 0 bridgehead atoms. The molecule has 1 aromatic heterocycles. The number of halogens is 1. The molecule has 0 aliphatic rings. The molecule has 0 fully saturated rings. The summed E-state index contributed by atoms with van der Waals surface area (Å²) in [5, 5.41) is 0. The van der Waals surface area contributed by atoms with Crippen molar-refractivity contribution in [3.05, 3.63) is 41.8 Å². The lowest BCUT2D eigenvalue weighted by molar-refractivity contribution is 0.415. The molecule has 0 saturated carbocycles. The Labute approximate surface area is 116 Å². The molecular weight excluding hydrogens is 283 g/mol. The van der Waals surface area contributed by atoms with Crippen LogP contribution in [0.15, 0.2) is 35.4 Å². The lowest BCUT2D eigenvalue weighted by Crippen LogP contribution is -2.03. The highest BCUT2D eigenvalue weighted by Gasteiger charge is 2.17. The van der Waals surface area contributed by atoms with E-state index < -0.39 is 15.7 Å². The number of benzene rings is 1. The fraction of sp³-hybridized carbons (Fsp3) is 0.154. The Bertz CT molecular complexity index is 760. The molecule has 2 aromatic rings. The van der Waals surface area contributed by atoms with E-state index in [9.17, 15) is 12.8 Å². The van der Waals surface area contributed by atoms with Gasteiger partial charge in [0.25, 0.3) is 0 Å². The van der Waals surface area contributed by atoms with Crippen molar-refractivity contribution in [1.82, 2.24) is 4.98 Å². The number of rotatable bonds is 3. The van der Waals surface area contributed by atoms with E-state index in [1.807, 2.05) is 0 Å². The SMILES string of the molecule is Cc1cc(Oc2ncccc2S(C)(=O)=O)c(F)cc1N. The highest BCUT2D eigenvalue weighted by Crippen LogP contribution is 2.30. The van der Waals surface area contributed by atoms with Crippen LogP contribution in [0.3, 0.4) is 0 Å². The first-order valence-corrected chi connectivity index (χ1v) is 7.56. The van der Waals surface area contributed by atoms with Gasteiger partial charge in [0, 0.05) is 24.2 Å². The van der Waals surface area contributed by atoms with Crippen LogP contribution in [-0.2, 0) is 9.84 Å². The van der Waals surface area contributed by atoms with Crippen molar-refractivity contribution in [1.29, 1.82) is 0 Å². The zero-order chi connectivity index (χ0) is 14.9. The highest BCUT2D eigenvalue weighted by molar-refractivity contribution is 7.90. The number of hydrogen-bond acceptors (Lipinski definition) is 5. The van der Waals surface area contributed by atoms with Crippen molar-refractivity contribution in [2.24, 2.45) is 0 Å². The first-order valence-electron chi connectivity index (χ1n) is 5.67. The zero-order valence-corrected chi connectivity index (χ0v) is 11.7. The topological polar surface area (TPSA) is 82.3 Å². The predicted octanol–water partition coefficient (Wildman–Crippen LogP) is 2.31. The second kappa shape index (κ2) is 5.09. The molecule has 0 aliphatic heterocycles. The average molecular weight is 296 g/mol.